The molecule has 0 spiro atoms. The fourth-order valence-electron chi connectivity index (χ4n) is 3.19. The van der Waals surface area contributed by atoms with E-state index < -0.39 is 0 Å². The quantitative estimate of drug-likeness (QED) is 0.560. The second-order valence-corrected chi connectivity index (χ2v) is 7.59. The number of aromatic nitrogens is 1. The first kappa shape index (κ1) is 19.8. The molecule has 1 aliphatic rings. The van der Waals surface area contributed by atoms with Crippen LogP contribution in [-0.4, -0.2) is 42.0 Å². The van der Waals surface area contributed by atoms with E-state index in [0.29, 0.717) is 24.2 Å². The topological polar surface area (TPSA) is 52.6 Å². The smallest absolute Gasteiger partial charge is 0.191 e. The Kier molecular flexibility index (Phi) is 7.18. The molecule has 0 atom stereocenters. The van der Waals surface area contributed by atoms with Crippen LogP contribution in [0.5, 0.6) is 0 Å². The van der Waals surface area contributed by atoms with Crippen LogP contribution in [0.4, 0.5) is 4.39 Å². The number of piperidine rings is 1. The number of rotatable bonds is 5. The number of hydrogen-bond acceptors (Lipinski definition) is 3. The van der Waals surface area contributed by atoms with Crippen molar-refractivity contribution in [3.8, 4) is 0 Å². The van der Waals surface area contributed by atoms with Crippen molar-refractivity contribution in [2.24, 2.45) is 4.99 Å². The largest absolute Gasteiger partial charge is 0.354 e. The Morgan fingerprint density at radius 1 is 1.26 bits per heavy atom. The molecule has 0 saturated carbocycles. The van der Waals surface area contributed by atoms with Crippen molar-refractivity contribution in [3.63, 3.8) is 0 Å². The van der Waals surface area contributed by atoms with Crippen LogP contribution in [0.3, 0.4) is 0 Å². The fourth-order valence-corrected chi connectivity index (χ4v) is 3.45. The molecule has 2 N–H and O–H groups in total. The first-order valence-electron chi connectivity index (χ1n) is 9.17. The zero-order valence-corrected chi connectivity index (χ0v) is 17.0. The Labute approximate surface area is 168 Å². The first-order chi connectivity index (χ1) is 13.1. The van der Waals surface area contributed by atoms with Gasteiger partial charge < -0.3 is 10.6 Å². The van der Waals surface area contributed by atoms with Crippen molar-refractivity contribution in [2.75, 3.05) is 20.1 Å². The number of aliphatic imine (C=N–C) groups is 1. The average molecular weight is 434 g/mol. The van der Waals surface area contributed by atoms with Crippen LogP contribution in [0.25, 0.3) is 0 Å². The summed E-state index contributed by atoms with van der Waals surface area (Å²) in [4.78, 5) is 10.8. The van der Waals surface area contributed by atoms with E-state index in [1.165, 1.54) is 11.6 Å². The number of pyridine rings is 1. The molecule has 0 amide bonds. The first-order valence-corrected chi connectivity index (χ1v) is 9.96. The molecule has 7 heteroatoms. The third-order valence-electron chi connectivity index (χ3n) is 4.73. The van der Waals surface area contributed by atoms with Crippen LogP contribution in [0.15, 0.2) is 52.1 Å². The van der Waals surface area contributed by atoms with Crippen molar-refractivity contribution < 1.29 is 4.39 Å². The van der Waals surface area contributed by atoms with Gasteiger partial charge in [-0.25, -0.2) is 4.39 Å². The highest BCUT2D eigenvalue weighted by atomic mass is 79.9. The van der Waals surface area contributed by atoms with Gasteiger partial charge in [-0.2, -0.15) is 0 Å². The van der Waals surface area contributed by atoms with E-state index in [1.54, 1.807) is 19.3 Å². The van der Waals surface area contributed by atoms with Crippen molar-refractivity contribution in [2.45, 2.75) is 32.0 Å². The van der Waals surface area contributed by atoms with E-state index in [-0.39, 0.29) is 5.82 Å². The number of halogens is 2. The maximum Gasteiger partial charge on any atom is 0.191 e. The lowest BCUT2D eigenvalue weighted by atomic mass is 10.0. The van der Waals surface area contributed by atoms with Crippen LogP contribution in [0.1, 0.15) is 24.1 Å². The Balaban J connectivity index is 1.43. The summed E-state index contributed by atoms with van der Waals surface area (Å²) in [6.07, 6.45) is 3.70. The molecule has 1 aromatic heterocycles. The van der Waals surface area contributed by atoms with Gasteiger partial charge in [-0.1, -0.05) is 28.1 Å². The van der Waals surface area contributed by atoms with Gasteiger partial charge in [0.25, 0.3) is 0 Å². The lowest BCUT2D eigenvalue weighted by Gasteiger charge is -2.33. The fraction of sp³-hybridized carbons (Fsp3) is 0.400. The third kappa shape index (κ3) is 6.01. The standard InChI is InChI=1S/C20H25BrFN5/c1-23-20(25-13-19-18(22)3-2-10-24-19)26-17-8-11-27(12-9-17)14-15-4-6-16(21)7-5-15/h2-7,10,17H,8-9,11-14H2,1H3,(H2,23,25,26). The second-order valence-electron chi connectivity index (χ2n) is 6.68. The molecule has 1 aliphatic heterocycles. The molecular formula is C20H25BrFN5. The van der Waals surface area contributed by atoms with Crippen LogP contribution >= 0.6 is 15.9 Å². The number of nitrogens with one attached hydrogen (secondary N) is 2. The molecular weight excluding hydrogens is 409 g/mol. The van der Waals surface area contributed by atoms with Crippen LogP contribution < -0.4 is 10.6 Å². The Bertz CT molecular complexity index is 757. The normalized spacial score (nSPS) is 16.3. The van der Waals surface area contributed by atoms with Crippen LogP contribution in [-0.2, 0) is 13.1 Å². The summed E-state index contributed by atoms with van der Waals surface area (Å²) in [5.41, 5.74) is 1.73. The molecule has 1 aromatic carbocycles. The summed E-state index contributed by atoms with van der Waals surface area (Å²) >= 11 is 3.48. The van der Waals surface area contributed by atoms with Crippen molar-refractivity contribution >= 4 is 21.9 Å². The molecule has 0 unspecified atom stereocenters. The molecule has 1 saturated heterocycles. The molecule has 1 fully saturated rings. The van der Waals surface area contributed by atoms with Crippen molar-refractivity contribution in [1.82, 2.24) is 20.5 Å². The van der Waals surface area contributed by atoms with Crippen LogP contribution in [0.2, 0.25) is 0 Å². The summed E-state index contributed by atoms with van der Waals surface area (Å²) in [5.74, 6) is 0.383. The van der Waals surface area contributed by atoms with E-state index in [2.05, 4.69) is 65.7 Å². The van der Waals surface area contributed by atoms with Gasteiger partial charge >= 0.3 is 0 Å². The molecule has 3 rings (SSSR count). The maximum absolute atomic E-state index is 13.7. The van der Waals surface area contributed by atoms with Crippen molar-refractivity contribution in [3.05, 3.63) is 64.1 Å². The SMILES string of the molecule is CN=C(NCc1ncccc1F)NC1CCN(Cc2ccc(Br)cc2)CC1. The third-order valence-corrected chi connectivity index (χ3v) is 5.26. The highest BCUT2D eigenvalue weighted by Crippen LogP contribution is 2.16. The van der Waals surface area contributed by atoms with Gasteiger partial charge in [0.2, 0.25) is 0 Å². The number of benzene rings is 1. The highest BCUT2D eigenvalue weighted by Gasteiger charge is 2.20. The van der Waals surface area contributed by atoms with Gasteiger partial charge in [0.05, 0.1) is 12.2 Å². The van der Waals surface area contributed by atoms with Gasteiger partial charge in [0, 0.05) is 43.4 Å². The van der Waals surface area contributed by atoms with E-state index in [4.69, 9.17) is 0 Å². The van der Waals surface area contributed by atoms with E-state index in [9.17, 15) is 4.39 Å². The summed E-state index contributed by atoms with van der Waals surface area (Å²) < 4.78 is 14.8. The lowest BCUT2D eigenvalue weighted by molar-refractivity contribution is 0.198. The van der Waals surface area contributed by atoms with Gasteiger partial charge in [-0.15, -0.1) is 0 Å². The van der Waals surface area contributed by atoms with Gasteiger partial charge in [0.15, 0.2) is 5.96 Å². The van der Waals surface area contributed by atoms with E-state index >= 15 is 0 Å². The molecule has 144 valence electrons. The summed E-state index contributed by atoms with van der Waals surface area (Å²) in [6, 6.07) is 11.9. The minimum atomic E-state index is -0.304. The Hall–Kier alpha value is -1.99. The van der Waals surface area contributed by atoms with Gasteiger partial charge in [0.1, 0.15) is 5.82 Å². The highest BCUT2D eigenvalue weighted by molar-refractivity contribution is 9.10. The van der Waals surface area contributed by atoms with Gasteiger partial charge in [-0.05, 0) is 42.7 Å². The monoisotopic (exact) mass is 433 g/mol. The molecule has 2 heterocycles. The van der Waals surface area contributed by atoms with Gasteiger partial charge in [-0.3, -0.25) is 14.9 Å². The van der Waals surface area contributed by atoms with Crippen LogP contribution in [0, 0.1) is 5.82 Å². The van der Waals surface area contributed by atoms with E-state index in [0.717, 1.165) is 36.9 Å². The molecule has 0 radical (unpaired) electrons. The predicted molar refractivity (Wildman–Crippen MR) is 110 cm³/mol. The number of guanidine groups is 1. The zero-order chi connectivity index (χ0) is 19.1. The van der Waals surface area contributed by atoms with Crippen molar-refractivity contribution in [1.29, 1.82) is 0 Å². The number of nitrogens with zero attached hydrogens (tertiary/aromatic N) is 3. The van der Waals surface area contributed by atoms with E-state index in [1.807, 2.05) is 0 Å². The minimum Gasteiger partial charge on any atom is -0.354 e. The number of hydrogen-bond donors (Lipinski definition) is 2. The molecule has 0 aliphatic carbocycles. The Morgan fingerprint density at radius 3 is 2.67 bits per heavy atom. The summed E-state index contributed by atoms with van der Waals surface area (Å²) in [5, 5.41) is 6.59. The molecule has 5 nitrogen and oxygen atoms in total. The maximum atomic E-state index is 13.7. The summed E-state index contributed by atoms with van der Waals surface area (Å²) in [7, 11) is 1.73. The Morgan fingerprint density at radius 2 is 2.00 bits per heavy atom. The zero-order valence-electron chi connectivity index (χ0n) is 15.5. The molecule has 27 heavy (non-hydrogen) atoms. The second kappa shape index (κ2) is 9.80. The average Bonchev–Trinajstić information content (AvgIpc) is 2.69. The molecule has 0 bridgehead atoms. The minimum absolute atomic E-state index is 0.304. The predicted octanol–water partition coefficient (Wildman–Crippen LogP) is 3.31. The molecule has 2 aromatic rings. The lowest BCUT2D eigenvalue weighted by Crippen LogP contribution is -2.48. The number of likely N-dealkylation sites (tertiary alicyclic amines) is 1. The summed E-state index contributed by atoms with van der Waals surface area (Å²) in [6.45, 7) is 3.37.